The van der Waals surface area contributed by atoms with Gasteiger partial charge in [-0.05, 0) is 12.8 Å². The average Bonchev–Trinajstić information content (AvgIpc) is 2.85. The van der Waals surface area contributed by atoms with Crippen molar-refractivity contribution in [3.05, 3.63) is 17.7 Å². The molecule has 0 amide bonds. The molecule has 0 aromatic carbocycles. The zero-order chi connectivity index (χ0) is 10.3. The molecule has 0 spiro atoms. The second-order valence-corrected chi connectivity index (χ2v) is 3.31. The van der Waals surface area contributed by atoms with E-state index in [1.54, 1.807) is 0 Å². The molecule has 6 heteroatoms. The van der Waals surface area contributed by atoms with Crippen LogP contribution in [0.25, 0.3) is 0 Å². The van der Waals surface area contributed by atoms with E-state index in [9.17, 15) is 13.2 Å². The first-order valence-electron chi connectivity index (χ1n) is 4.18. The van der Waals surface area contributed by atoms with E-state index in [4.69, 9.17) is 5.73 Å². The highest BCUT2D eigenvalue weighted by Gasteiger charge is 2.37. The Morgan fingerprint density at radius 1 is 1.36 bits per heavy atom. The normalized spacial score (nSPS) is 17.1. The van der Waals surface area contributed by atoms with Crippen molar-refractivity contribution in [3.8, 4) is 0 Å². The maximum atomic E-state index is 12.2. The maximum absolute atomic E-state index is 12.2. The van der Waals surface area contributed by atoms with Gasteiger partial charge in [0.2, 0.25) is 5.82 Å². The van der Waals surface area contributed by atoms with E-state index in [-0.39, 0.29) is 11.6 Å². The van der Waals surface area contributed by atoms with E-state index in [0.29, 0.717) is 5.69 Å². The fourth-order valence-electron chi connectivity index (χ4n) is 1.22. The Morgan fingerprint density at radius 2 is 2.00 bits per heavy atom. The Morgan fingerprint density at radius 3 is 2.50 bits per heavy atom. The number of nitrogen functional groups attached to an aromatic ring is 1. The summed E-state index contributed by atoms with van der Waals surface area (Å²) in [5.74, 6) is -1.01. The number of nitrogens with zero attached hydrogens (tertiary/aromatic N) is 2. The molecule has 3 nitrogen and oxygen atoms in total. The minimum atomic E-state index is -4.49. The Balaban J connectivity index is 2.40. The summed E-state index contributed by atoms with van der Waals surface area (Å²) in [5.41, 5.74) is 6.07. The van der Waals surface area contributed by atoms with Crippen LogP contribution < -0.4 is 5.73 Å². The highest BCUT2D eigenvalue weighted by atomic mass is 19.4. The molecule has 0 radical (unpaired) electrons. The molecule has 0 atom stereocenters. The number of anilines is 1. The third-order valence-corrected chi connectivity index (χ3v) is 2.07. The van der Waals surface area contributed by atoms with Crippen LogP contribution in [0.4, 0.5) is 18.9 Å². The monoisotopic (exact) mass is 203 g/mol. The van der Waals surface area contributed by atoms with Crippen molar-refractivity contribution >= 4 is 5.69 Å². The quantitative estimate of drug-likeness (QED) is 0.758. The van der Waals surface area contributed by atoms with Crippen LogP contribution in [0.2, 0.25) is 0 Å². The van der Waals surface area contributed by atoms with Crippen molar-refractivity contribution in [2.75, 3.05) is 5.73 Å². The van der Waals surface area contributed by atoms with Crippen molar-refractivity contribution < 1.29 is 13.2 Å². The lowest BCUT2D eigenvalue weighted by Crippen LogP contribution is -2.13. The van der Waals surface area contributed by atoms with Gasteiger partial charge in [-0.3, -0.25) is 0 Å². The summed E-state index contributed by atoms with van der Waals surface area (Å²) < 4.78 is 36.7. The predicted octanol–water partition coefficient (Wildman–Crippen LogP) is 1.96. The van der Waals surface area contributed by atoms with Crippen LogP contribution in [0, 0.1) is 0 Å². The summed E-state index contributed by atoms with van der Waals surface area (Å²) in [6.07, 6.45) is -1.74. The number of hydrogen-bond donors (Lipinski definition) is 1. The van der Waals surface area contributed by atoms with Crippen LogP contribution in [0.5, 0.6) is 0 Å². The first-order valence-corrected chi connectivity index (χ1v) is 4.18. The van der Waals surface area contributed by atoms with Crippen LogP contribution in [-0.2, 0) is 6.18 Å². The third kappa shape index (κ3) is 1.64. The molecule has 76 valence electrons. The van der Waals surface area contributed by atoms with Gasteiger partial charge in [0.15, 0.2) is 0 Å². The predicted molar refractivity (Wildman–Crippen MR) is 43.4 cm³/mol. The summed E-state index contributed by atoms with van der Waals surface area (Å²) >= 11 is 0. The summed E-state index contributed by atoms with van der Waals surface area (Å²) in [7, 11) is 0. The van der Waals surface area contributed by atoms with Crippen molar-refractivity contribution in [2.45, 2.75) is 24.9 Å². The Labute approximate surface area is 78.2 Å². The lowest BCUT2D eigenvalue weighted by Gasteiger charge is -2.07. The molecule has 1 aliphatic carbocycles. The van der Waals surface area contributed by atoms with E-state index in [0.717, 1.165) is 19.0 Å². The summed E-state index contributed by atoms with van der Waals surface area (Å²) in [6, 6.07) is 0. The maximum Gasteiger partial charge on any atom is 0.451 e. The molecular weight excluding hydrogens is 195 g/mol. The van der Waals surface area contributed by atoms with Gasteiger partial charge in [-0.25, -0.2) is 9.97 Å². The lowest BCUT2D eigenvalue weighted by atomic mass is 10.2. The van der Waals surface area contributed by atoms with E-state index < -0.39 is 12.0 Å². The number of rotatable bonds is 1. The molecule has 0 saturated heterocycles. The molecule has 1 saturated carbocycles. The molecule has 14 heavy (non-hydrogen) atoms. The molecule has 2 rings (SSSR count). The van der Waals surface area contributed by atoms with Crippen LogP contribution in [0.1, 0.15) is 30.3 Å². The van der Waals surface area contributed by atoms with Crippen LogP contribution in [0.15, 0.2) is 6.20 Å². The molecule has 2 N–H and O–H groups in total. The number of halogens is 3. The Bertz CT molecular complexity index is 357. The molecular formula is C8H8F3N3. The SMILES string of the molecule is Nc1cnc(C(F)(F)F)nc1C1CC1. The fourth-order valence-corrected chi connectivity index (χ4v) is 1.22. The second kappa shape index (κ2) is 2.83. The molecule has 1 fully saturated rings. The van der Waals surface area contributed by atoms with Gasteiger partial charge >= 0.3 is 6.18 Å². The van der Waals surface area contributed by atoms with Gasteiger partial charge in [0, 0.05) is 5.92 Å². The summed E-state index contributed by atoms with van der Waals surface area (Å²) in [4.78, 5) is 6.60. The van der Waals surface area contributed by atoms with Gasteiger partial charge in [-0.15, -0.1) is 0 Å². The molecule has 1 heterocycles. The van der Waals surface area contributed by atoms with Crippen LogP contribution in [-0.4, -0.2) is 9.97 Å². The largest absolute Gasteiger partial charge is 0.451 e. The first kappa shape index (κ1) is 9.23. The van der Waals surface area contributed by atoms with Gasteiger partial charge in [0.1, 0.15) is 0 Å². The minimum Gasteiger partial charge on any atom is -0.396 e. The zero-order valence-corrected chi connectivity index (χ0v) is 7.17. The minimum absolute atomic E-state index is 0.0964. The first-order chi connectivity index (χ1) is 6.48. The van der Waals surface area contributed by atoms with Crippen molar-refractivity contribution in [1.29, 1.82) is 0 Å². The summed E-state index contributed by atoms with van der Waals surface area (Å²) in [6.45, 7) is 0. The van der Waals surface area contributed by atoms with Gasteiger partial charge in [-0.1, -0.05) is 0 Å². The molecule has 0 unspecified atom stereocenters. The summed E-state index contributed by atoms with van der Waals surface area (Å²) in [5, 5.41) is 0. The molecule has 1 aliphatic rings. The Hall–Kier alpha value is -1.33. The van der Waals surface area contributed by atoms with Crippen molar-refractivity contribution in [2.24, 2.45) is 0 Å². The molecule has 0 bridgehead atoms. The lowest BCUT2D eigenvalue weighted by molar-refractivity contribution is -0.145. The van der Waals surface area contributed by atoms with Gasteiger partial charge in [0.25, 0.3) is 0 Å². The third-order valence-electron chi connectivity index (χ3n) is 2.07. The highest BCUT2D eigenvalue weighted by Crippen LogP contribution is 2.42. The van der Waals surface area contributed by atoms with Crippen molar-refractivity contribution in [3.63, 3.8) is 0 Å². The highest BCUT2D eigenvalue weighted by molar-refractivity contribution is 5.44. The van der Waals surface area contributed by atoms with Crippen LogP contribution in [0.3, 0.4) is 0 Å². The fraction of sp³-hybridized carbons (Fsp3) is 0.500. The average molecular weight is 203 g/mol. The van der Waals surface area contributed by atoms with Gasteiger partial charge in [0.05, 0.1) is 17.6 Å². The van der Waals surface area contributed by atoms with E-state index in [2.05, 4.69) is 9.97 Å². The molecule has 1 aromatic rings. The molecule has 0 aliphatic heterocycles. The zero-order valence-electron chi connectivity index (χ0n) is 7.17. The number of nitrogens with two attached hydrogens (primary N) is 1. The number of alkyl halides is 3. The smallest absolute Gasteiger partial charge is 0.396 e. The van der Waals surface area contributed by atoms with Gasteiger partial charge in [-0.2, -0.15) is 13.2 Å². The number of aromatic nitrogens is 2. The standard InChI is InChI=1S/C8H8F3N3/c9-8(10,11)7-13-3-5(12)6(14-7)4-1-2-4/h3-4H,1-2,12H2. The second-order valence-electron chi connectivity index (χ2n) is 3.31. The van der Waals surface area contributed by atoms with E-state index in [1.807, 2.05) is 0 Å². The van der Waals surface area contributed by atoms with Crippen molar-refractivity contribution in [1.82, 2.24) is 9.97 Å². The van der Waals surface area contributed by atoms with Gasteiger partial charge < -0.3 is 5.73 Å². The number of hydrogen-bond acceptors (Lipinski definition) is 3. The topological polar surface area (TPSA) is 51.8 Å². The Kier molecular flexibility index (Phi) is 1.87. The molecule has 1 aromatic heterocycles. The van der Waals surface area contributed by atoms with Crippen LogP contribution >= 0.6 is 0 Å². The van der Waals surface area contributed by atoms with E-state index in [1.165, 1.54) is 0 Å². The van der Waals surface area contributed by atoms with E-state index >= 15 is 0 Å².